The summed E-state index contributed by atoms with van der Waals surface area (Å²) in [5.41, 5.74) is 1.45. The Morgan fingerprint density at radius 1 is 1.24 bits per heavy atom. The molecule has 0 atom stereocenters. The van der Waals surface area contributed by atoms with Gasteiger partial charge in [0.2, 0.25) is 0 Å². The number of nitrogens with one attached hydrogen (secondary N) is 1. The Kier molecular flexibility index (Phi) is 4.36. The molecule has 0 aliphatic heterocycles. The molecule has 21 heavy (non-hydrogen) atoms. The van der Waals surface area contributed by atoms with E-state index in [0.29, 0.717) is 11.1 Å². The molecule has 6 heteroatoms. The second kappa shape index (κ2) is 5.61. The average Bonchev–Trinajstić information content (AvgIpc) is 2.77. The summed E-state index contributed by atoms with van der Waals surface area (Å²) in [7, 11) is 1.59. The molecule has 1 aromatic rings. The van der Waals surface area contributed by atoms with Crippen molar-refractivity contribution in [3.63, 3.8) is 0 Å². The Morgan fingerprint density at radius 3 is 2.33 bits per heavy atom. The zero-order valence-corrected chi connectivity index (χ0v) is 14.1. The lowest BCUT2D eigenvalue weighted by Gasteiger charge is -2.25. The lowest BCUT2D eigenvalue weighted by atomic mass is 9.99. The van der Waals surface area contributed by atoms with Crippen LogP contribution in [-0.2, 0) is 9.05 Å². The molecule has 1 aliphatic rings. The highest BCUT2D eigenvalue weighted by Gasteiger charge is 2.31. The summed E-state index contributed by atoms with van der Waals surface area (Å²) in [6.45, 7) is 5.48. The van der Waals surface area contributed by atoms with Gasteiger partial charge in [0.25, 0.3) is 15.0 Å². The van der Waals surface area contributed by atoms with E-state index in [1.165, 1.54) is 6.07 Å². The van der Waals surface area contributed by atoms with Crippen molar-refractivity contribution in [2.45, 2.75) is 56.9 Å². The SMILES string of the molecule is Cc1cc(C(=O)NC2(C)CCCC2)cc(S(=O)(=O)Cl)c1C. The highest BCUT2D eigenvalue weighted by atomic mass is 35.7. The Bertz CT molecular complexity index is 676. The van der Waals surface area contributed by atoms with Crippen LogP contribution < -0.4 is 5.32 Å². The van der Waals surface area contributed by atoms with E-state index in [0.717, 1.165) is 31.2 Å². The third-order valence-electron chi connectivity index (χ3n) is 4.27. The predicted molar refractivity (Wildman–Crippen MR) is 83.3 cm³/mol. The van der Waals surface area contributed by atoms with Crippen LogP contribution in [0, 0.1) is 13.8 Å². The van der Waals surface area contributed by atoms with Gasteiger partial charge in [0.05, 0.1) is 4.90 Å². The van der Waals surface area contributed by atoms with E-state index in [9.17, 15) is 13.2 Å². The van der Waals surface area contributed by atoms with Gasteiger partial charge in [0.1, 0.15) is 0 Å². The highest BCUT2D eigenvalue weighted by Crippen LogP contribution is 2.30. The lowest BCUT2D eigenvalue weighted by Crippen LogP contribution is -2.43. The van der Waals surface area contributed by atoms with E-state index >= 15 is 0 Å². The van der Waals surface area contributed by atoms with Gasteiger partial charge >= 0.3 is 0 Å². The fourth-order valence-corrected chi connectivity index (χ4v) is 4.11. The van der Waals surface area contributed by atoms with E-state index in [2.05, 4.69) is 5.32 Å². The number of amides is 1. The second-order valence-corrected chi connectivity index (χ2v) is 8.61. The van der Waals surface area contributed by atoms with Crippen LogP contribution in [0.2, 0.25) is 0 Å². The topological polar surface area (TPSA) is 63.2 Å². The number of hydrogen-bond donors (Lipinski definition) is 1. The average molecular weight is 330 g/mol. The number of rotatable bonds is 3. The molecule has 0 heterocycles. The number of hydrogen-bond acceptors (Lipinski definition) is 3. The maximum atomic E-state index is 12.4. The van der Waals surface area contributed by atoms with Crippen molar-refractivity contribution >= 4 is 25.6 Å². The van der Waals surface area contributed by atoms with Gasteiger partial charge < -0.3 is 5.32 Å². The minimum Gasteiger partial charge on any atom is -0.347 e. The Morgan fingerprint density at radius 2 is 1.81 bits per heavy atom. The normalized spacial score (nSPS) is 17.7. The maximum Gasteiger partial charge on any atom is 0.261 e. The van der Waals surface area contributed by atoms with Crippen LogP contribution in [0.4, 0.5) is 0 Å². The van der Waals surface area contributed by atoms with E-state index in [1.807, 2.05) is 6.92 Å². The van der Waals surface area contributed by atoms with Crippen molar-refractivity contribution in [2.75, 3.05) is 0 Å². The van der Waals surface area contributed by atoms with Gasteiger partial charge in [-0.25, -0.2) is 8.42 Å². The molecule has 4 nitrogen and oxygen atoms in total. The maximum absolute atomic E-state index is 12.4. The number of halogens is 1. The second-order valence-electron chi connectivity index (χ2n) is 6.08. The molecule has 0 unspecified atom stereocenters. The molecule has 1 amide bonds. The van der Waals surface area contributed by atoms with E-state index in [4.69, 9.17) is 10.7 Å². The zero-order chi connectivity index (χ0) is 15.8. The van der Waals surface area contributed by atoms with Crippen LogP contribution in [0.1, 0.15) is 54.1 Å². The smallest absolute Gasteiger partial charge is 0.261 e. The number of carbonyl (C=O) groups excluding carboxylic acids is 1. The Hall–Kier alpha value is -1.07. The molecule has 1 N–H and O–H groups in total. The van der Waals surface area contributed by atoms with E-state index in [1.54, 1.807) is 19.9 Å². The van der Waals surface area contributed by atoms with Gasteiger partial charge in [-0.1, -0.05) is 12.8 Å². The monoisotopic (exact) mass is 329 g/mol. The summed E-state index contributed by atoms with van der Waals surface area (Å²) in [4.78, 5) is 12.4. The fraction of sp³-hybridized carbons (Fsp3) is 0.533. The molecule has 0 radical (unpaired) electrons. The first-order chi connectivity index (χ1) is 9.62. The largest absolute Gasteiger partial charge is 0.347 e. The van der Waals surface area contributed by atoms with Crippen molar-refractivity contribution in [1.82, 2.24) is 5.32 Å². The van der Waals surface area contributed by atoms with Crippen molar-refractivity contribution in [3.05, 3.63) is 28.8 Å². The number of carbonyl (C=O) groups is 1. The molecule has 0 aromatic heterocycles. The Labute approximate surface area is 130 Å². The van der Waals surface area contributed by atoms with Crippen molar-refractivity contribution in [1.29, 1.82) is 0 Å². The van der Waals surface area contributed by atoms with Gasteiger partial charge in [-0.3, -0.25) is 4.79 Å². The first-order valence-electron chi connectivity index (χ1n) is 7.01. The predicted octanol–water partition coefficient (Wildman–Crippen LogP) is 3.29. The van der Waals surface area contributed by atoms with E-state index < -0.39 is 9.05 Å². The summed E-state index contributed by atoms with van der Waals surface area (Å²) in [6.07, 6.45) is 4.10. The molecule has 1 aliphatic carbocycles. The number of aryl methyl sites for hydroxylation is 1. The molecule has 0 spiro atoms. The molecular formula is C15H20ClNO3S. The first-order valence-corrected chi connectivity index (χ1v) is 9.32. The van der Waals surface area contributed by atoms with Crippen LogP contribution in [0.25, 0.3) is 0 Å². The molecule has 1 aromatic carbocycles. The van der Waals surface area contributed by atoms with Crippen LogP contribution >= 0.6 is 10.7 Å². The molecule has 1 saturated carbocycles. The molecule has 2 rings (SSSR count). The third kappa shape index (κ3) is 3.58. The number of benzene rings is 1. The van der Waals surface area contributed by atoms with Gasteiger partial charge in [-0.2, -0.15) is 0 Å². The van der Waals surface area contributed by atoms with E-state index in [-0.39, 0.29) is 16.3 Å². The van der Waals surface area contributed by atoms with Crippen LogP contribution in [0.15, 0.2) is 17.0 Å². The first kappa shape index (κ1) is 16.3. The fourth-order valence-electron chi connectivity index (χ4n) is 2.84. The minimum absolute atomic E-state index is 0.00546. The quantitative estimate of drug-likeness (QED) is 0.865. The molecule has 0 saturated heterocycles. The lowest BCUT2D eigenvalue weighted by molar-refractivity contribution is 0.0908. The third-order valence-corrected chi connectivity index (χ3v) is 5.72. The van der Waals surface area contributed by atoms with Crippen molar-refractivity contribution in [3.8, 4) is 0 Å². The summed E-state index contributed by atoms with van der Waals surface area (Å²) in [5.74, 6) is -0.246. The van der Waals surface area contributed by atoms with Gasteiger partial charge in [-0.05, 0) is 56.9 Å². The van der Waals surface area contributed by atoms with Crippen LogP contribution in [-0.4, -0.2) is 19.9 Å². The van der Waals surface area contributed by atoms with Crippen molar-refractivity contribution in [2.24, 2.45) is 0 Å². The van der Waals surface area contributed by atoms with Gasteiger partial charge in [0.15, 0.2) is 0 Å². The summed E-state index contributed by atoms with van der Waals surface area (Å²) < 4.78 is 23.2. The van der Waals surface area contributed by atoms with Crippen molar-refractivity contribution < 1.29 is 13.2 Å². The van der Waals surface area contributed by atoms with Gasteiger partial charge in [0, 0.05) is 21.8 Å². The van der Waals surface area contributed by atoms with Crippen LogP contribution in [0.3, 0.4) is 0 Å². The molecule has 1 fully saturated rings. The molecule has 116 valence electrons. The minimum atomic E-state index is -3.86. The standard InChI is InChI=1S/C15H20ClNO3S/c1-10-8-12(9-13(11(10)2)21(16,19)20)14(18)17-15(3)6-4-5-7-15/h8-9H,4-7H2,1-3H3,(H,17,18). The summed E-state index contributed by atoms with van der Waals surface area (Å²) in [6, 6.07) is 3.06. The molecular weight excluding hydrogens is 310 g/mol. The highest BCUT2D eigenvalue weighted by molar-refractivity contribution is 8.13. The summed E-state index contributed by atoms with van der Waals surface area (Å²) in [5, 5.41) is 3.02. The summed E-state index contributed by atoms with van der Waals surface area (Å²) >= 11 is 0. The molecule has 0 bridgehead atoms. The van der Waals surface area contributed by atoms with Gasteiger partial charge in [-0.15, -0.1) is 0 Å². The Balaban J connectivity index is 2.36. The zero-order valence-electron chi connectivity index (χ0n) is 12.5. The van der Waals surface area contributed by atoms with Crippen LogP contribution in [0.5, 0.6) is 0 Å².